The van der Waals surface area contributed by atoms with Crippen molar-refractivity contribution in [1.29, 1.82) is 0 Å². The van der Waals surface area contributed by atoms with E-state index in [9.17, 15) is 4.79 Å². The summed E-state index contributed by atoms with van der Waals surface area (Å²) in [5.41, 5.74) is 3.13. The van der Waals surface area contributed by atoms with Crippen molar-refractivity contribution in [3.8, 4) is 5.69 Å². The molecule has 3 aromatic carbocycles. The number of anilines is 1. The number of halogens is 1. The van der Waals surface area contributed by atoms with Crippen molar-refractivity contribution >= 4 is 28.1 Å². The highest BCUT2D eigenvalue weighted by molar-refractivity contribution is 6.33. The number of benzene rings is 3. The Kier molecular flexibility index (Phi) is 5.71. The van der Waals surface area contributed by atoms with Gasteiger partial charge in [-0.2, -0.15) is 0 Å². The van der Waals surface area contributed by atoms with E-state index in [1.165, 1.54) is 28.6 Å². The summed E-state index contributed by atoms with van der Waals surface area (Å²) < 4.78 is 1.59. The van der Waals surface area contributed by atoms with Crippen LogP contribution in [-0.4, -0.2) is 22.6 Å². The molecule has 0 amide bonds. The average molecular weight is 444 g/mol. The van der Waals surface area contributed by atoms with Crippen LogP contribution in [-0.2, 0) is 6.42 Å². The van der Waals surface area contributed by atoms with Gasteiger partial charge in [0, 0.05) is 25.4 Å². The topological polar surface area (TPSA) is 38.1 Å². The average Bonchev–Trinajstić information content (AvgIpc) is 2.80. The maximum Gasteiger partial charge on any atom is 0.258 e. The molecule has 1 fully saturated rings. The monoisotopic (exact) mass is 443 g/mol. The molecule has 2 heterocycles. The Balaban J connectivity index is 1.30. The fourth-order valence-electron chi connectivity index (χ4n) is 4.87. The maximum atomic E-state index is 12.3. The summed E-state index contributed by atoms with van der Waals surface area (Å²) in [6, 6.07) is 22.6. The van der Waals surface area contributed by atoms with E-state index in [2.05, 4.69) is 52.3 Å². The Morgan fingerprint density at radius 3 is 2.56 bits per heavy atom. The van der Waals surface area contributed by atoms with Gasteiger partial charge in [0.25, 0.3) is 5.56 Å². The number of nitrogens with zero attached hydrogens (tertiary/aromatic N) is 3. The molecule has 0 atom stereocenters. The maximum absolute atomic E-state index is 12.3. The Labute approximate surface area is 193 Å². The summed E-state index contributed by atoms with van der Waals surface area (Å²) in [6.07, 6.45) is 4.93. The lowest BCUT2D eigenvalue weighted by Crippen LogP contribution is -2.34. The molecule has 4 aromatic rings. The first-order valence-corrected chi connectivity index (χ1v) is 11.5. The quantitative estimate of drug-likeness (QED) is 0.399. The van der Waals surface area contributed by atoms with Crippen LogP contribution in [0.15, 0.2) is 77.7 Å². The highest BCUT2D eigenvalue weighted by atomic mass is 35.5. The fourth-order valence-corrected chi connectivity index (χ4v) is 5.16. The van der Waals surface area contributed by atoms with E-state index in [1.54, 1.807) is 4.57 Å². The third-order valence-electron chi connectivity index (χ3n) is 6.56. The number of hydrogen-bond donors (Lipinski definition) is 0. The molecule has 1 aliphatic rings. The van der Waals surface area contributed by atoms with Gasteiger partial charge in [-0.25, -0.2) is 4.98 Å². The molecular formula is C27H26ClN3O. The molecule has 162 valence electrons. The van der Waals surface area contributed by atoms with E-state index < -0.39 is 0 Å². The van der Waals surface area contributed by atoms with Crippen molar-refractivity contribution in [1.82, 2.24) is 9.55 Å². The van der Waals surface area contributed by atoms with Crippen LogP contribution < -0.4 is 10.5 Å². The first kappa shape index (κ1) is 20.8. The number of aromatic nitrogens is 2. The van der Waals surface area contributed by atoms with Gasteiger partial charge in [0.2, 0.25) is 0 Å². The van der Waals surface area contributed by atoms with Crippen molar-refractivity contribution in [2.45, 2.75) is 26.2 Å². The van der Waals surface area contributed by atoms with Crippen molar-refractivity contribution < 1.29 is 0 Å². The Hall–Kier alpha value is -3.11. The van der Waals surface area contributed by atoms with Crippen LogP contribution >= 0.6 is 11.6 Å². The van der Waals surface area contributed by atoms with Gasteiger partial charge >= 0.3 is 0 Å². The summed E-state index contributed by atoms with van der Waals surface area (Å²) in [5, 5.41) is 3.36. The second kappa shape index (κ2) is 8.79. The van der Waals surface area contributed by atoms with E-state index in [-0.39, 0.29) is 5.56 Å². The largest absolute Gasteiger partial charge is 0.370 e. The van der Waals surface area contributed by atoms with Gasteiger partial charge in [-0.15, -0.1) is 0 Å². The second-order valence-electron chi connectivity index (χ2n) is 8.57. The Bertz CT molecular complexity index is 1320. The molecular weight excluding hydrogens is 418 g/mol. The van der Waals surface area contributed by atoms with Crippen LogP contribution in [0.1, 0.15) is 24.2 Å². The van der Waals surface area contributed by atoms with E-state index in [0.717, 1.165) is 43.7 Å². The minimum atomic E-state index is -0.101. The zero-order chi connectivity index (χ0) is 22.1. The van der Waals surface area contributed by atoms with Crippen LogP contribution in [0.2, 0.25) is 5.02 Å². The molecule has 0 aliphatic carbocycles. The highest BCUT2D eigenvalue weighted by Crippen LogP contribution is 2.33. The number of fused-ring (bicyclic) bond motifs is 1. The zero-order valence-corrected chi connectivity index (χ0v) is 18.9. The van der Waals surface area contributed by atoms with E-state index >= 15 is 0 Å². The lowest BCUT2D eigenvalue weighted by molar-refractivity contribution is 0.404. The summed E-state index contributed by atoms with van der Waals surface area (Å²) in [4.78, 5) is 18.9. The molecule has 0 unspecified atom stereocenters. The molecule has 32 heavy (non-hydrogen) atoms. The normalized spacial score (nSPS) is 14.8. The van der Waals surface area contributed by atoms with E-state index in [0.29, 0.717) is 16.8 Å². The lowest BCUT2D eigenvalue weighted by Gasteiger charge is -2.34. The van der Waals surface area contributed by atoms with Crippen LogP contribution in [0.5, 0.6) is 0 Å². The summed E-state index contributed by atoms with van der Waals surface area (Å²) >= 11 is 6.67. The van der Waals surface area contributed by atoms with E-state index in [1.807, 2.05) is 25.1 Å². The Morgan fingerprint density at radius 2 is 1.78 bits per heavy atom. The number of rotatable bonds is 4. The van der Waals surface area contributed by atoms with Crippen molar-refractivity contribution in [2.24, 2.45) is 5.92 Å². The fraction of sp³-hybridized carbons (Fsp3) is 0.259. The Morgan fingerprint density at radius 1 is 1.00 bits per heavy atom. The minimum absolute atomic E-state index is 0.101. The van der Waals surface area contributed by atoms with Gasteiger partial charge in [0.05, 0.1) is 16.4 Å². The number of hydrogen-bond acceptors (Lipinski definition) is 3. The van der Waals surface area contributed by atoms with Gasteiger partial charge in [-0.1, -0.05) is 54.1 Å². The number of piperidine rings is 1. The van der Waals surface area contributed by atoms with Gasteiger partial charge < -0.3 is 4.90 Å². The molecule has 0 saturated carbocycles. The molecule has 4 nitrogen and oxygen atoms in total. The first-order chi connectivity index (χ1) is 15.6. The molecule has 0 radical (unpaired) electrons. The zero-order valence-electron chi connectivity index (χ0n) is 18.2. The van der Waals surface area contributed by atoms with Crippen LogP contribution in [0.3, 0.4) is 0 Å². The van der Waals surface area contributed by atoms with Gasteiger partial charge in [0.1, 0.15) is 5.82 Å². The van der Waals surface area contributed by atoms with Crippen molar-refractivity contribution in [3.63, 3.8) is 0 Å². The SMILES string of the molecule is Cc1nccc(=O)n1-c1ccc(N2CCC(Cc3cccc4ccccc34)CC2)c(Cl)c1. The molecule has 0 bridgehead atoms. The molecule has 1 aliphatic heterocycles. The number of aryl methyl sites for hydroxylation is 1. The standard InChI is InChI=1S/C27H26ClN3O/c1-19-29-14-11-27(32)31(19)23-9-10-26(25(28)18-23)30-15-12-20(13-16-30)17-22-7-4-6-21-5-2-3-8-24(21)22/h2-11,14,18,20H,12-13,15-17H2,1H3. The molecule has 0 spiro atoms. The third-order valence-corrected chi connectivity index (χ3v) is 6.86. The summed E-state index contributed by atoms with van der Waals surface area (Å²) in [5.74, 6) is 1.32. The molecule has 0 N–H and O–H groups in total. The second-order valence-corrected chi connectivity index (χ2v) is 8.98. The highest BCUT2D eigenvalue weighted by Gasteiger charge is 2.22. The minimum Gasteiger partial charge on any atom is -0.370 e. The molecule has 1 aromatic heterocycles. The lowest BCUT2D eigenvalue weighted by atomic mass is 9.88. The van der Waals surface area contributed by atoms with Gasteiger partial charge in [0.15, 0.2) is 0 Å². The summed E-state index contributed by atoms with van der Waals surface area (Å²) in [7, 11) is 0. The van der Waals surface area contributed by atoms with Crippen LogP contribution in [0.25, 0.3) is 16.5 Å². The predicted molar refractivity (Wildman–Crippen MR) is 132 cm³/mol. The summed E-state index contributed by atoms with van der Waals surface area (Å²) in [6.45, 7) is 3.80. The van der Waals surface area contributed by atoms with Crippen LogP contribution in [0.4, 0.5) is 5.69 Å². The molecule has 1 saturated heterocycles. The van der Waals surface area contributed by atoms with Gasteiger partial charge in [-0.3, -0.25) is 9.36 Å². The first-order valence-electron chi connectivity index (χ1n) is 11.2. The van der Waals surface area contributed by atoms with Crippen molar-refractivity contribution in [2.75, 3.05) is 18.0 Å². The van der Waals surface area contributed by atoms with Crippen molar-refractivity contribution in [3.05, 3.63) is 99.7 Å². The molecule has 5 rings (SSSR count). The third kappa shape index (κ3) is 4.03. The van der Waals surface area contributed by atoms with Gasteiger partial charge in [-0.05, 0) is 66.6 Å². The van der Waals surface area contributed by atoms with Crippen LogP contribution in [0, 0.1) is 12.8 Å². The predicted octanol–water partition coefficient (Wildman–Crippen LogP) is 5.81. The smallest absolute Gasteiger partial charge is 0.258 e. The molecule has 5 heteroatoms. The van der Waals surface area contributed by atoms with E-state index in [4.69, 9.17) is 11.6 Å².